The van der Waals surface area contributed by atoms with Gasteiger partial charge in [0.05, 0.1) is 35.6 Å². The van der Waals surface area contributed by atoms with E-state index in [1.165, 1.54) is 0 Å². The molecule has 45 heavy (non-hydrogen) atoms. The van der Waals surface area contributed by atoms with Crippen molar-refractivity contribution in [2.75, 3.05) is 0 Å². The van der Waals surface area contributed by atoms with Crippen LogP contribution < -0.4 is 10.6 Å². The maximum absolute atomic E-state index is 2.56. The zero-order valence-electron chi connectivity index (χ0n) is 31.1. The molecular weight excluding hydrogens is 826 g/mol. The second kappa shape index (κ2) is 12.6. The minimum atomic E-state index is -1.28. The summed E-state index contributed by atoms with van der Waals surface area (Å²) in [5.41, 5.74) is 10.2. The molecule has 0 saturated heterocycles. The van der Waals surface area contributed by atoms with Gasteiger partial charge in [-0.2, -0.15) is 0 Å². The molecule has 2 aromatic rings. The SMILES string of the molecule is CC1=C([Si](C)(C)C)[PH+]2C([Si](C)(C)C)=C(C)C1c1ccccc12.CC1=C([Si](C)(C)C)[PH+]2C([Si](C)(C)C)=C(C)C1c1ccccc12.[Pt]. The molecule has 0 amide bonds. The standard InChI is InChI=1S/2C19H29PSi2.Pt/c2*1-13-17-14(2)19(22(6,7)8)20(18(13)21(3,4)5)16-12-10-9-11-15(16)17;/h2*9-12,17H,1-8H3;/p+2. The molecule has 8 rings (SSSR count). The number of hydrogen-bond donors (Lipinski definition) is 0. The molecule has 2 aromatic carbocycles. The van der Waals surface area contributed by atoms with Crippen molar-refractivity contribution in [3.05, 3.63) is 102 Å². The molecule has 6 aliphatic heterocycles. The first kappa shape index (κ1) is 37.6. The molecule has 6 heterocycles. The van der Waals surface area contributed by atoms with E-state index in [0.29, 0.717) is 11.8 Å². The maximum Gasteiger partial charge on any atom is 0.123 e. The predicted octanol–water partition coefficient (Wildman–Crippen LogP) is 11.9. The Morgan fingerprint density at radius 2 is 0.622 bits per heavy atom. The van der Waals surface area contributed by atoms with Gasteiger partial charge in [0.25, 0.3) is 0 Å². The molecule has 0 nitrogen and oxygen atoms in total. The largest absolute Gasteiger partial charge is 0.123 e. The van der Waals surface area contributed by atoms with Gasteiger partial charge in [0.1, 0.15) is 42.9 Å². The van der Waals surface area contributed by atoms with Crippen LogP contribution in [0.25, 0.3) is 0 Å². The summed E-state index contributed by atoms with van der Waals surface area (Å²) in [5, 5.41) is 3.45. The zero-order valence-corrected chi connectivity index (χ0v) is 39.4. The third-order valence-corrected chi connectivity index (χ3v) is 35.5. The van der Waals surface area contributed by atoms with E-state index in [9.17, 15) is 0 Å². The minimum Gasteiger partial charge on any atom is -0.0625 e. The fourth-order valence-corrected chi connectivity index (χ4v) is 36.0. The summed E-state index contributed by atoms with van der Waals surface area (Å²) in [6, 6.07) is 18.7. The number of benzene rings is 2. The Morgan fingerprint density at radius 1 is 0.400 bits per heavy atom. The summed E-state index contributed by atoms with van der Waals surface area (Å²) in [6.45, 7) is 40.5. The van der Waals surface area contributed by atoms with Gasteiger partial charge in [-0.3, -0.25) is 0 Å². The van der Waals surface area contributed by atoms with E-state index in [1.54, 1.807) is 44.0 Å². The van der Waals surface area contributed by atoms with Crippen LogP contribution in [-0.2, 0) is 21.1 Å². The van der Waals surface area contributed by atoms with Crippen LogP contribution in [0.1, 0.15) is 50.7 Å². The van der Waals surface area contributed by atoms with Gasteiger partial charge in [0, 0.05) is 44.0 Å². The predicted molar refractivity (Wildman–Crippen MR) is 218 cm³/mol. The molecule has 0 N–H and O–H groups in total. The van der Waals surface area contributed by atoms with Gasteiger partial charge in [0.2, 0.25) is 0 Å². The Bertz CT molecular complexity index is 1450. The van der Waals surface area contributed by atoms with E-state index in [2.05, 4.69) is 155 Å². The second-order valence-electron chi connectivity index (χ2n) is 18.0. The molecule has 0 radical (unpaired) electrons. The maximum atomic E-state index is 2.56. The molecule has 4 bridgehead atoms. The smallest absolute Gasteiger partial charge is 0.0625 e. The van der Waals surface area contributed by atoms with Gasteiger partial charge in [-0.15, -0.1) is 0 Å². The zero-order chi connectivity index (χ0) is 32.9. The molecule has 0 spiro atoms. The van der Waals surface area contributed by atoms with Crippen LogP contribution in [0.3, 0.4) is 0 Å². The van der Waals surface area contributed by atoms with Crippen molar-refractivity contribution in [1.82, 2.24) is 0 Å². The summed E-state index contributed by atoms with van der Waals surface area (Å²) in [7, 11) is -6.48. The van der Waals surface area contributed by atoms with Crippen LogP contribution in [-0.4, -0.2) is 32.3 Å². The van der Waals surface area contributed by atoms with Crippen molar-refractivity contribution >= 4 is 58.7 Å². The second-order valence-corrected chi connectivity index (χ2v) is 44.6. The third kappa shape index (κ3) is 6.35. The Labute approximate surface area is 297 Å². The van der Waals surface area contributed by atoms with Crippen LogP contribution in [0.2, 0.25) is 78.6 Å². The fraction of sp³-hybridized carbons (Fsp3) is 0.474. The van der Waals surface area contributed by atoms with E-state index in [1.807, 2.05) is 19.7 Å². The Kier molecular flexibility index (Phi) is 10.5. The van der Waals surface area contributed by atoms with E-state index in [-0.39, 0.29) is 21.1 Å². The average molecular weight is 886 g/mol. The molecule has 0 unspecified atom stereocenters. The first-order chi connectivity index (χ1) is 20.1. The topological polar surface area (TPSA) is 0 Å². The molecule has 0 saturated carbocycles. The minimum absolute atomic E-state index is 0. The molecule has 0 aromatic heterocycles. The summed E-state index contributed by atoms with van der Waals surface area (Å²) >= 11 is 0. The quantitative estimate of drug-likeness (QED) is 0.212. The van der Waals surface area contributed by atoms with Gasteiger partial charge in [-0.25, -0.2) is 0 Å². The summed E-state index contributed by atoms with van der Waals surface area (Å²) in [4.78, 5) is 7.74. The monoisotopic (exact) mass is 885 g/mol. The molecular formula is C38H60P2PtSi4+2. The molecule has 0 fully saturated rings. The van der Waals surface area contributed by atoms with E-state index in [0.717, 1.165) is 0 Å². The van der Waals surface area contributed by atoms with Crippen molar-refractivity contribution in [2.45, 2.75) is 118 Å². The van der Waals surface area contributed by atoms with Gasteiger partial charge >= 0.3 is 0 Å². The summed E-state index contributed by atoms with van der Waals surface area (Å²) in [6.07, 6.45) is 0. The first-order valence-corrected chi connectivity index (χ1v) is 33.9. The van der Waals surface area contributed by atoms with Gasteiger partial charge in [-0.1, -0.05) is 115 Å². The Morgan fingerprint density at radius 3 is 0.844 bits per heavy atom. The summed E-state index contributed by atoms with van der Waals surface area (Å²) < 4.78 is 0. The summed E-state index contributed by atoms with van der Waals surface area (Å²) in [5.74, 6) is 1.17. The van der Waals surface area contributed by atoms with Gasteiger partial charge < -0.3 is 0 Å². The number of hydrogen-bond acceptors (Lipinski definition) is 0. The van der Waals surface area contributed by atoms with Crippen molar-refractivity contribution in [2.24, 2.45) is 0 Å². The van der Waals surface area contributed by atoms with Gasteiger partial charge in [0.15, 0.2) is 0 Å². The van der Waals surface area contributed by atoms with Crippen LogP contribution in [0.5, 0.6) is 0 Å². The molecule has 6 aliphatic rings. The van der Waals surface area contributed by atoms with E-state index < -0.39 is 48.1 Å². The van der Waals surface area contributed by atoms with Crippen molar-refractivity contribution in [3.63, 3.8) is 0 Å². The van der Waals surface area contributed by atoms with Crippen LogP contribution in [0.4, 0.5) is 0 Å². The number of rotatable bonds is 4. The van der Waals surface area contributed by atoms with Crippen molar-refractivity contribution < 1.29 is 21.1 Å². The van der Waals surface area contributed by atoms with Gasteiger partial charge in [-0.05, 0) is 62.1 Å². The molecule has 0 aliphatic carbocycles. The Balaban J connectivity index is 0.000000200. The molecule has 0 atom stereocenters. The molecule has 246 valence electrons. The normalized spacial score (nSPS) is 24.4. The Hall–Kier alpha value is -0.184. The third-order valence-electron chi connectivity index (χ3n) is 10.4. The van der Waals surface area contributed by atoms with Crippen LogP contribution in [0, 0.1) is 0 Å². The van der Waals surface area contributed by atoms with Crippen molar-refractivity contribution in [1.29, 1.82) is 0 Å². The fourth-order valence-electron chi connectivity index (χ4n) is 9.56. The number of allylic oxidation sites excluding steroid dienone is 4. The van der Waals surface area contributed by atoms with E-state index >= 15 is 0 Å². The van der Waals surface area contributed by atoms with E-state index in [4.69, 9.17) is 0 Å². The van der Waals surface area contributed by atoms with Crippen LogP contribution >= 0.6 is 15.8 Å². The average Bonchev–Trinajstić information content (AvgIpc) is 2.86. The van der Waals surface area contributed by atoms with Crippen molar-refractivity contribution in [3.8, 4) is 0 Å². The first-order valence-electron chi connectivity index (χ1n) is 16.9. The van der Waals surface area contributed by atoms with Crippen LogP contribution in [0.15, 0.2) is 90.6 Å². The molecule has 7 heteroatoms.